The number of carbonyl (C=O) groups excluding carboxylic acids is 2. The van der Waals surface area contributed by atoms with Gasteiger partial charge in [-0.2, -0.15) is 26.3 Å². The summed E-state index contributed by atoms with van der Waals surface area (Å²) in [4.78, 5) is 22.9. The summed E-state index contributed by atoms with van der Waals surface area (Å²) in [5.74, 6) is 0. The zero-order chi connectivity index (χ0) is 42.7. The van der Waals surface area contributed by atoms with Crippen LogP contribution in [0.2, 0.25) is 0 Å². The van der Waals surface area contributed by atoms with E-state index in [4.69, 9.17) is 20.9 Å². The van der Waals surface area contributed by atoms with Gasteiger partial charge in [0.25, 0.3) is 19.7 Å². The van der Waals surface area contributed by atoms with Crippen molar-refractivity contribution >= 4 is 54.6 Å². The number of alkyl halides is 6. The van der Waals surface area contributed by atoms with Gasteiger partial charge in [0, 0.05) is 11.1 Å². The molecule has 0 saturated carbocycles. The van der Waals surface area contributed by atoms with Crippen LogP contribution in [0.15, 0.2) is 94.7 Å². The van der Waals surface area contributed by atoms with Crippen LogP contribution in [0.5, 0.6) is 0 Å². The van der Waals surface area contributed by atoms with E-state index in [0.29, 0.717) is 0 Å². The normalized spacial score (nSPS) is 12.5. The lowest BCUT2D eigenvalue weighted by atomic mass is 10.0. The van der Waals surface area contributed by atoms with Crippen LogP contribution >= 0.6 is 0 Å². The average molecular weight is 833 g/mol. The van der Waals surface area contributed by atoms with E-state index >= 15 is 0 Å². The first kappa shape index (κ1) is 44.9. The molecule has 0 fully saturated rings. The molecule has 6 N–H and O–H groups in total. The third-order valence-corrected chi connectivity index (χ3v) is 10.1. The molecule has 56 heavy (non-hydrogen) atoms. The van der Waals surface area contributed by atoms with Crippen LogP contribution in [0.1, 0.15) is 41.5 Å². The molecule has 4 aromatic rings. The van der Waals surface area contributed by atoms with Gasteiger partial charge in [-0.3, -0.25) is 10.6 Å². The van der Waals surface area contributed by atoms with E-state index in [2.05, 4.69) is 10.6 Å². The van der Waals surface area contributed by atoms with Crippen molar-refractivity contribution in [3.8, 4) is 22.3 Å². The number of amides is 2. The molecule has 304 valence electrons. The van der Waals surface area contributed by atoms with Gasteiger partial charge in [0.1, 0.15) is 11.2 Å². The van der Waals surface area contributed by atoms with Crippen molar-refractivity contribution in [2.24, 2.45) is 0 Å². The van der Waals surface area contributed by atoms with Crippen LogP contribution in [0.4, 0.5) is 58.7 Å². The fourth-order valence-corrected chi connectivity index (χ4v) is 6.59. The quantitative estimate of drug-likeness (QED) is 0.107. The average Bonchev–Trinajstić information content (AvgIpc) is 3.04. The van der Waals surface area contributed by atoms with E-state index in [-0.39, 0.29) is 45.0 Å². The maximum atomic E-state index is 13.2. The highest BCUT2D eigenvalue weighted by molar-refractivity contribution is 7.92. The van der Waals surface area contributed by atoms with Crippen molar-refractivity contribution in [2.45, 2.75) is 73.6 Å². The number of hydrogen-bond acceptors (Lipinski definition) is 10. The molecule has 0 aliphatic rings. The van der Waals surface area contributed by atoms with E-state index < -0.39 is 63.9 Å². The summed E-state index contributed by atoms with van der Waals surface area (Å²) in [6, 6.07) is 17.4. The number of nitrogens with one attached hydrogen (secondary N) is 2. The Morgan fingerprint density at radius 3 is 1.30 bits per heavy atom. The molecule has 0 aliphatic heterocycles. The van der Waals surface area contributed by atoms with Crippen molar-refractivity contribution in [2.75, 3.05) is 22.1 Å². The van der Waals surface area contributed by atoms with E-state index in [1.54, 1.807) is 41.5 Å². The first-order chi connectivity index (χ1) is 25.4. The van der Waals surface area contributed by atoms with Gasteiger partial charge in [-0.15, -0.1) is 0 Å². The molecule has 2 amide bonds. The van der Waals surface area contributed by atoms with Crippen molar-refractivity contribution < 1.29 is 62.2 Å². The van der Waals surface area contributed by atoms with E-state index in [1.165, 1.54) is 72.8 Å². The summed E-state index contributed by atoms with van der Waals surface area (Å²) in [7, 11) is -11.1. The summed E-state index contributed by atoms with van der Waals surface area (Å²) in [5, 5.41) is 4.88. The molecule has 20 heteroatoms. The minimum absolute atomic E-state index is 0.0363. The Bertz CT molecular complexity index is 2320. The first-order valence-corrected chi connectivity index (χ1v) is 19.0. The zero-order valence-corrected chi connectivity index (χ0v) is 32.2. The molecule has 0 radical (unpaired) electrons. The van der Waals surface area contributed by atoms with Gasteiger partial charge in [0.2, 0.25) is 0 Å². The molecule has 4 aromatic carbocycles. The summed E-state index contributed by atoms with van der Waals surface area (Å²) in [5.41, 5.74) is -1.08. The lowest BCUT2D eigenvalue weighted by Gasteiger charge is -2.22. The van der Waals surface area contributed by atoms with Crippen LogP contribution in [-0.4, -0.2) is 51.2 Å². The Kier molecular flexibility index (Phi) is 13.1. The standard InChI is InChI=1S/C23H27F3N2O6S.C13H11F3N2O2S/c1-21(2,3)33-19(29)27-16-12-11-14(13-17(16)28-20(30)34-22(4,5)6)15-9-7-8-10-18(15)35(31,32)23(24,25)26;14-13(15,16)21(19,20)12-4-2-1-3-9(12)8-5-6-10(17)11(18)7-8/h7-13H,1-6H3,(H,27,29)(H,28,30);1-7H,17-18H2. The fourth-order valence-electron chi connectivity index (χ4n) is 4.62. The van der Waals surface area contributed by atoms with Crippen molar-refractivity contribution in [3.63, 3.8) is 0 Å². The molecule has 0 heterocycles. The second-order valence-electron chi connectivity index (χ2n) is 13.7. The van der Waals surface area contributed by atoms with E-state index in [1.807, 2.05) is 0 Å². The SMILES string of the molecule is CC(C)(C)OC(=O)Nc1ccc(-c2ccccc2S(=O)(=O)C(F)(F)F)cc1NC(=O)OC(C)(C)C.Nc1ccc(-c2ccccc2S(=O)(=O)C(F)(F)F)cc1N. The second kappa shape index (κ2) is 16.3. The number of benzene rings is 4. The number of nitrogen functional groups attached to an aromatic ring is 2. The minimum Gasteiger partial charge on any atom is -0.444 e. The number of nitrogens with two attached hydrogens (primary N) is 2. The van der Waals surface area contributed by atoms with Gasteiger partial charge >= 0.3 is 23.2 Å². The fraction of sp³-hybridized carbons (Fsp3) is 0.278. The van der Waals surface area contributed by atoms with Gasteiger partial charge in [-0.1, -0.05) is 48.5 Å². The lowest BCUT2D eigenvalue weighted by molar-refractivity contribution is -0.0441. The van der Waals surface area contributed by atoms with Crippen LogP contribution < -0.4 is 22.1 Å². The Hall–Kier alpha value is -5.50. The molecular formula is C36H38F6N4O8S2. The van der Waals surface area contributed by atoms with E-state index in [0.717, 1.165) is 12.1 Å². The zero-order valence-electron chi connectivity index (χ0n) is 30.6. The van der Waals surface area contributed by atoms with Crippen molar-refractivity contribution in [3.05, 3.63) is 84.9 Å². The number of anilines is 4. The van der Waals surface area contributed by atoms with E-state index in [9.17, 15) is 52.8 Å². The second-order valence-corrected chi connectivity index (χ2v) is 17.6. The highest BCUT2D eigenvalue weighted by atomic mass is 32.2. The highest BCUT2D eigenvalue weighted by Crippen LogP contribution is 2.39. The minimum atomic E-state index is -5.67. The molecule has 0 unspecified atom stereocenters. The largest absolute Gasteiger partial charge is 0.501 e. The molecule has 0 aromatic heterocycles. The third kappa shape index (κ3) is 11.3. The van der Waals surface area contributed by atoms with Crippen LogP contribution in [0.25, 0.3) is 22.3 Å². The van der Waals surface area contributed by atoms with Crippen molar-refractivity contribution in [1.82, 2.24) is 0 Å². The van der Waals surface area contributed by atoms with Gasteiger partial charge in [-0.25, -0.2) is 26.4 Å². The molecule has 12 nitrogen and oxygen atoms in total. The number of halogens is 6. The molecule has 0 aliphatic carbocycles. The summed E-state index contributed by atoms with van der Waals surface area (Å²) >= 11 is 0. The first-order valence-electron chi connectivity index (χ1n) is 16.0. The Morgan fingerprint density at radius 1 is 0.536 bits per heavy atom. The smallest absolute Gasteiger partial charge is 0.444 e. The van der Waals surface area contributed by atoms with Gasteiger partial charge in [0.05, 0.1) is 32.5 Å². The Morgan fingerprint density at radius 2 is 0.911 bits per heavy atom. The van der Waals surface area contributed by atoms with Crippen LogP contribution in [0.3, 0.4) is 0 Å². The maximum absolute atomic E-state index is 13.2. The number of carbonyl (C=O) groups is 2. The van der Waals surface area contributed by atoms with Gasteiger partial charge < -0.3 is 20.9 Å². The summed E-state index contributed by atoms with van der Waals surface area (Å²) in [6.07, 6.45) is -1.75. The summed E-state index contributed by atoms with van der Waals surface area (Å²) < 4.78 is 136. The Labute approximate surface area is 319 Å². The van der Waals surface area contributed by atoms with Gasteiger partial charge in [-0.05, 0) is 89.1 Å². The molecular weight excluding hydrogens is 795 g/mol. The van der Waals surface area contributed by atoms with Gasteiger partial charge in [0.15, 0.2) is 0 Å². The topological polar surface area (TPSA) is 197 Å². The van der Waals surface area contributed by atoms with Crippen molar-refractivity contribution in [1.29, 1.82) is 0 Å². The molecule has 0 atom stereocenters. The van der Waals surface area contributed by atoms with Crippen LogP contribution in [-0.2, 0) is 29.1 Å². The predicted molar refractivity (Wildman–Crippen MR) is 199 cm³/mol. The number of hydrogen-bond donors (Lipinski definition) is 4. The maximum Gasteiger partial charge on any atom is 0.501 e. The molecule has 0 bridgehead atoms. The lowest BCUT2D eigenvalue weighted by Crippen LogP contribution is -2.29. The Balaban J connectivity index is 0.000000340. The number of ether oxygens (including phenoxy) is 2. The monoisotopic (exact) mass is 832 g/mol. The number of rotatable bonds is 6. The number of sulfone groups is 2. The summed E-state index contributed by atoms with van der Waals surface area (Å²) in [6.45, 7) is 9.82. The molecule has 4 rings (SSSR count). The van der Waals surface area contributed by atoms with Crippen LogP contribution in [0, 0.1) is 0 Å². The molecule has 0 spiro atoms. The molecule has 0 saturated heterocycles. The third-order valence-electron chi connectivity index (χ3n) is 6.96. The predicted octanol–water partition coefficient (Wildman–Crippen LogP) is 9.15. The highest BCUT2D eigenvalue weighted by Gasteiger charge is 2.48.